The van der Waals surface area contributed by atoms with Gasteiger partial charge in [-0.15, -0.1) is 0 Å². The van der Waals surface area contributed by atoms with Gasteiger partial charge in [-0.05, 0) is 25.3 Å². The molecule has 0 aromatic heterocycles. The fraction of sp³-hybridized carbons (Fsp3) is 0.600. The van der Waals surface area contributed by atoms with Gasteiger partial charge in [0.25, 0.3) is 0 Å². The zero-order valence-corrected chi connectivity index (χ0v) is 12.9. The third-order valence-electron chi connectivity index (χ3n) is 3.98. The van der Waals surface area contributed by atoms with Gasteiger partial charge in [0.05, 0.1) is 18.1 Å². The SMILES string of the molecule is CCC(NCC1CCCS1(=O)=O)c1ccccc1OC. The van der Waals surface area contributed by atoms with Crippen molar-refractivity contribution >= 4 is 9.84 Å². The Morgan fingerprint density at radius 3 is 2.75 bits per heavy atom. The van der Waals surface area contributed by atoms with Crippen LogP contribution >= 0.6 is 0 Å². The van der Waals surface area contributed by atoms with E-state index in [0.717, 1.165) is 30.6 Å². The van der Waals surface area contributed by atoms with Gasteiger partial charge in [-0.2, -0.15) is 0 Å². The van der Waals surface area contributed by atoms with E-state index in [-0.39, 0.29) is 11.3 Å². The molecule has 1 aromatic rings. The molecule has 1 heterocycles. The zero-order chi connectivity index (χ0) is 14.6. The minimum absolute atomic E-state index is 0.127. The van der Waals surface area contributed by atoms with Crippen molar-refractivity contribution in [3.05, 3.63) is 29.8 Å². The van der Waals surface area contributed by atoms with Crippen molar-refractivity contribution in [3.8, 4) is 5.75 Å². The van der Waals surface area contributed by atoms with E-state index in [1.807, 2.05) is 24.3 Å². The van der Waals surface area contributed by atoms with Gasteiger partial charge in [-0.25, -0.2) is 8.42 Å². The standard InChI is InChI=1S/C15H23NO3S/c1-3-14(13-8-4-5-9-15(13)19-2)16-11-12-7-6-10-20(12,17)18/h4-5,8-9,12,14,16H,3,6-7,10-11H2,1-2H3. The summed E-state index contributed by atoms with van der Waals surface area (Å²) in [5, 5.41) is 3.17. The molecule has 1 aliphatic heterocycles. The maximum atomic E-state index is 11.9. The van der Waals surface area contributed by atoms with Crippen LogP contribution in [0.15, 0.2) is 24.3 Å². The Balaban J connectivity index is 2.06. The van der Waals surface area contributed by atoms with Crippen LogP contribution in [0, 0.1) is 0 Å². The third-order valence-corrected chi connectivity index (χ3v) is 6.25. The highest BCUT2D eigenvalue weighted by Gasteiger charge is 2.31. The molecule has 0 amide bonds. The minimum atomic E-state index is -2.88. The first-order valence-electron chi connectivity index (χ1n) is 7.16. The van der Waals surface area contributed by atoms with E-state index in [9.17, 15) is 8.42 Å². The first-order chi connectivity index (χ1) is 9.58. The van der Waals surface area contributed by atoms with Gasteiger partial charge in [0.2, 0.25) is 0 Å². The van der Waals surface area contributed by atoms with Crippen LogP contribution in [0.2, 0.25) is 0 Å². The fourth-order valence-corrected chi connectivity index (χ4v) is 4.57. The summed E-state index contributed by atoms with van der Waals surface area (Å²) < 4.78 is 29.1. The van der Waals surface area contributed by atoms with Gasteiger partial charge >= 0.3 is 0 Å². The quantitative estimate of drug-likeness (QED) is 0.875. The smallest absolute Gasteiger partial charge is 0.154 e. The normalized spacial score (nSPS) is 22.6. The zero-order valence-electron chi connectivity index (χ0n) is 12.1. The Hall–Kier alpha value is -1.07. The number of para-hydroxylation sites is 1. The van der Waals surface area contributed by atoms with Crippen LogP contribution in [-0.4, -0.2) is 33.1 Å². The van der Waals surface area contributed by atoms with E-state index >= 15 is 0 Å². The van der Waals surface area contributed by atoms with Crippen LogP contribution in [0.3, 0.4) is 0 Å². The Kier molecular flexibility index (Phi) is 5.05. The van der Waals surface area contributed by atoms with Crippen molar-refractivity contribution in [2.45, 2.75) is 37.5 Å². The number of sulfone groups is 1. The van der Waals surface area contributed by atoms with Gasteiger partial charge in [0.1, 0.15) is 5.75 Å². The van der Waals surface area contributed by atoms with Gasteiger partial charge < -0.3 is 10.1 Å². The van der Waals surface area contributed by atoms with E-state index in [1.54, 1.807) is 7.11 Å². The molecule has 4 nitrogen and oxygen atoms in total. The summed E-state index contributed by atoms with van der Waals surface area (Å²) in [5.74, 6) is 1.19. The molecule has 0 spiro atoms. The number of hydrogen-bond acceptors (Lipinski definition) is 4. The lowest BCUT2D eigenvalue weighted by Gasteiger charge is -2.21. The second-order valence-electron chi connectivity index (χ2n) is 5.24. The Labute approximate surface area is 121 Å². The predicted molar refractivity (Wildman–Crippen MR) is 80.8 cm³/mol. The van der Waals surface area contributed by atoms with Crippen LogP contribution < -0.4 is 10.1 Å². The van der Waals surface area contributed by atoms with Gasteiger partial charge in [0, 0.05) is 18.2 Å². The molecule has 1 fully saturated rings. The summed E-state index contributed by atoms with van der Waals surface area (Å²) in [7, 11) is -1.22. The number of hydrogen-bond donors (Lipinski definition) is 1. The van der Waals surface area contributed by atoms with Crippen molar-refractivity contribution in [2.24, 2.45) is 0 Å². The van der Waals surface area contributed by atoms with E-state index < -0.39 is 9.84 Å². The highest BCUT2D eigenvalue weighted by atomic mass is 32.2. The summed E-state index contributed by atoms with van der Waals surface area (Å²) in [4.78, 5) is 0. The lowest BCUT2D eigenvalue weighted by molar-refractivity contribution is 0.396. The average molecular weight is 297 g/mol. The van der Waals surface area contributed by atoms with Crippen molar-refractivity contribution < 1.29 is 13.2 Å². The molecule has 5 heteroatoms. The number of nitrogens with one attached hydrogen (secondary N) is 1. The van der Waals surface area contributed by atoms with Crippen molar-refractivity contribution in [1.82, 2.24) is 5.32 Å². The van der Waals surface area contributed by atoms with Crippen LogP contribution in [0.1, 0.15) is 37.8 Å². The Morgan fingerprint density at radius 1 is 1.40 bits per heavy atom. The van der Waals surface area contributed by atoms with Gasteiger partial charge in [-0.3, -0.25) is 0 Å². The number of methoxy groups -OCH3 is 1. The number of rotatable bonds is 6. The molecule has 112 valence electrons. The summed E-state index contributed by atoms with van der Waals surface area (Å²) >= 11 is 0. The molecule has 1 N–H and O–H groups in total. The van der Waals surface area contributed by atoms with Crippen LogP contribution in [-0.2, 0) is 9.84 Å². The molecule has 2 atom stereocenters. The molecule has 2 unspecified atom stereocenters. The molecule has 20 heavy (non-hydrogen) atoms. The van der Waals surface area contributed by atoms with E-state index in [1.165, 1.54) is 0 Å². The highest BCUT2D eigenvalue weighted by Crippen LogP contribution is 2.27. The lowest BCUT2D eigenvalue weighted by atomic mass is 10.0. The van der Waals surface area contributed by atoms with E-state index in [4.69, 9.17) is 4.74 Å². The Bertz CT molecular complexity index is 542. The molecule has 0 bridgehead atoms. The van der Waals surface area contributed by atoms with Crippen molar-refractivity contribution in [1.29, 1.82) is 0 Å². The second-order valence-corrected chi connectivity index (χ2v) is 7.64. The van der Waals surface area contributed by atoms with Crippen LogP contribution in [0.4, 0.5) is 0 Å². The van der Waals surface area contributed by atoms with E-state index in [0.29, 0.717) is 12.3 Å². The molecular weight excluding hydrogens is 274 g/mol. The average Bonchev–Trinajstić information content (AvgIpc) is 2.79. The molecule has 1 saturated heterocycles. The summed E-state index contributed by atoms with van der Waals surface area (Å²) in [6, 6.07) is 8.02. The summed E-state index contributed by atoms with van der Waals surface area (Å²) in [6.07, 6.45) is 2.46. The van der Waals surface area contributed by atoms with Gasteiger partial charge in [0.15, 0.2) is 9.84 Å². The van der Waals surface area contributed by atoms with Crippen LogP contribution in [0.25, 0.3) is 0 Å². The minimum Gasteiger partial charge on any atom is -0.496 e. The lowest BCUT2D eigenvalue weighted by Crippen LogP contribution is -2.33. The maximum absolute atomic E-state index is 11.9. The summed E-state index contributed by atoms with van der Waals surface area (Å²) in [5.41, 5.74) is 1.09. The molecule has 1 aliphatic rings. The van der Waals surface area contributed by atoms with Gasteiger partial charge in [-0.1, -0.05) is 25.1 Å². The first kappa shape index (κ1) is 15.3. The maximum Gasteiger partial charge on any atom is 0.154 e. The van der Waals surface area contributed by atoms with E-state index in [2.05, 4.69) is 12.2 Å². The largest absolute Gasteiger partial charge is 0.496 e. The molecule has 0 aliphatic carbocycles. The Morgan fingerprint density at radius 2 is 2.15 bits per heavy atom. The third kappa shape index (κ3) is 3.33. The van der Waals surface area contributed by atoms with Crippen molar-refractivity contribution in [3.63, 3.8) is 0 Å². The fourth-order valence-electron chi connectivity index (χ4n) is 2.79. The number of benzene rings is 1. The number of ether oxygens (including phenoxy) is 1. The first-order valence-corrected chi connectivity index (χ1v) is 8.88. The second kappa shape index (κ2) is 6.59. The predicted octanol–water partition coefficient (Wildman–Crippen LogP) is 2.31. The molecule has 1 aromatic carbocycles. The molecule has 0 saturated carbocycles. The molecule has 2 rings (SSSR count). The summed E-state index contributed by atoms with van der Waals surface area (Å²) in [6.45, 7) is 2.62. The topological polar surface area (TPSA) is 55.4 Å². The van der Waals surface area contributed by atoms with Crippen molar-refractivity contribution in [2.75, 3.05) is 19.4 Å². The molecule has 0 radical (unpaired) electrons. The highest BCUT2D eigenvalue weighted by molar-refractivity contribution is 7.92. The molecular formula is C15H23NO3S. The van der Waals surface area contributed by atoms with Crippen LogP contribution in [0.5, 0.6) is 5.75 Å². The monoisotopic (exact) mass is 297 g/mol.